The molecule has 1 aliphatic heterocycles. The number of fused-ring (bicyclic) bond motifs is 1. The highest BCUT2D eigenvalue weighted by molar-refractivity contribution is 5.78. The lowest BCUT2D eigenvalue weighted by molar-refractivity contribution is -0.143. The zero-order valence-corrected chi connectivity index (χ0v) is 13.9. The third kappa shape index (κ3) is 3.96. The van der Waals surface area contributed by atoms with Crippen LogP contribution < -0.4 is 5.32 Å². The van der Waals surface area contributed by atoms with E-state index >= 15 is 0 Å². The maximum Gasteiger partial charge on any atom is 0.308 e. The third-order valence-corrected chi connectivity index (χ3v) is 5.14. The Kier molecular flexibility index (Phi) is 5.51. The van der Waals surface area contributed by atoms with Gasteiger partial charge in [0.25, 0.3) is 0 Å². The van der Waals surface area contributed by atoms with Crippen molar-refractivity contribution in [3.05, 3.63) is 35.4 Å². The minimum Gasteiger partial charge on any atom is -0.481 e. The minimum absolute atomic E-state index is 0.116. The first-order chi connectivity index (χ1) is 11.6. The summed E-state index contributed by atoms with van der Waals surface area (Å²) < 4.78 is 5.79. The molecule has 3 rings (SSSR count). The van der Waals surface area contributed by atoms with Crippen LogP contribution in [0.5, 0.6) is 0 Å². The van der Waals surface area contributed by atoms with Crippen molar-refractivity contribution in [2.45, 2.75) is 57.1 Å². The average molecular weight is 331 g/mol. The van der Waals surface area contributed by atoms with Gasteiger partial charge < -0.3 is 15.2 Å². The van der Waals surface area contributed by atoms with Crippen molar-refractivity contribution in [2.75, 3.05) is 6.61 Å². The van der Waals surface area contributed by atoms with Crippen LogP contribution in [0.3, 0.4) is 0 Å². The molecular formula is C19H25NO4. The van der Waals surface area contributed by atoms with Gasteiger partial charge in [0.1, 0.15) is 0 Å². The van der Waals surface area contributed by atoms with Gasteiger partial charge >= 0.3 is 5.97 Å². The maximum atomic E-state index is 12.5. The summed E-state index contributed by atoms with van der Waals surface area (Å²) in [7, 11) is 0. The monoisotopic (exact) mass is 331 g/mol. The number of carbonyl (C=O) groups is 2. The second-order valence-electron chi connectivity index (χ2n) is 6.77. The van der Waals surface area contributed by atoms with Gasteiger partial charge in [0.2, 0.25) is 5.91 Å². The number of hydrogen-bond acceptors (Lipinski definition) is 3. The van der Waals surface area contributed by atoms with E-state index in [-0.39, 0.29) is 24.5 Å². The van der Waals surface area contributed by atoms with Crippen LogP contribution in [0, 0.1) is 5.92 Å². The van der Waals surface area contributed by atoms with Gasteiger partial charge in [0.15, 0.2) is 0 Å². The van der Waals surface area contributed by atoms with Crippen LogP contribution in [-0.2, 0) is 20.7 Å². The quantitative estimate of drug-likeness (QED) is 0.832. The smallest absolute Gasteiger partial charge is 0.308 e. The summed E-state index contributed by atoms with van der Waals surface area (Å²) in [5.41, 5.74) is 2.31. The van der Waals surface area contributed by atoms with Gasteiger partial charge in [-0.1, -0.05) is 43.5 Å². The first kappa shape index (κ1) is 17.0. The first-order valence-electron chi connectivity index (χ1n) is 8.86. The molecule has 0 saturated heterocycles. The fourth-order valence-corrected chi connectivity index (χ4v) is 3.86. The molecule has 5 heteroatoms. The van der Waals surface area contributed by atoms with Gasteiger partial charge in [-0.15, -0.1) is 0 Å². The molecular weight excluding hydrogens is 306 g/mol. The Morgan fingerprint density at radius 3 is 2.79 bits per heavy atom. The number of nitrogens with one attached hydrogen (secondary N) is 1. The molecule has 2 N–H and O–H groups in total. The van der Waals surface area contributed by atoms with E-state index in [1.54, 1.807) is 0 Å². The van der Waals surface area contributed by atoms with Gasteiger partial charge in [0.05, 0.1) is 25.0 Å². The van der Waals surface area contributed by atoms with Crippen LogP contribution in [0.2, 0.25) is 0 Å². The van der Waals surface area contributed by atoms with Crippen LogP contribution in [-0.4, -0.2) is 29.6 Å². The summed E-state index contributed by atoms with van der Waals surface area (Å²) in [5, 5.41) is 12.4. The third-order valence-electron chi connectivity index (χ3n) is 5.14. The van der Waals surface area contributed by atoms with Gasteiger partial charge in [-0.3, -0.25) is 9.59 Å². The van der Waals surface area contributed by atoms with Crippen LogP contribution in [0.15, 0.2) is 24.3 Å². The molecule has 24 heavy (non-hydrogen) atoms. The molecule has 1 fully saturated rings. The maximum absolute atomic E-state index is 12.5. The number of benzene rings is 1. The highest BCUT2D eigenvalue weighted by atomic mass is 16.5. The van der Waals surface area contributed by atoms with E-state index in [9.17, 15) is 14.7 Å². The summed E-state index contributed by atoms with van der Waals surface area (Å²) in [6.07, 6.45) is 5.20. The Bertz CT molecular complexity index is 601. The zero-order chi connectivity index (χ0) is 16.9. The Morgan fingerprint density at radius 2 is 1.96 bits per heavy atom. The number of rotatable bonds is 4. The van der Waals surface area contributed by atoms with Crippen molar-refractivity contribution in [2.24, 2.45) is 5.92 Å². The molecule has 0 aromatic heterocycles. The lowest BCUT2D eigenvalue weighted by atomic mass is 9.93. The van der Waals surface area contributed by atoms with Crippen molar-refractivity contribution in [1.29, 1.82) is 0 Å². The van der Waals surface area contributed by atoms with Crippen molar-refractivity contribution >= 4 is 11.9 Å². The number of carboxylic acids is 1. The molecule has 3 atom stereocenters. The summed E-state index contributed by atoms with van der Waals surface area (Å²) in [6.45, 7) is 0.621. The molecule has 1 amide bonds. The summed E-state index contributed by atoms with van der Waals surface area (Å²) in [4.78, 5) is 24.0. The molecule has 0 spiro atoms. The van der Waals surface area contributed by atoms with E-state index in [1.807, 2.05) is 18.2 Å². The summed E-state index contributed by atoms with van der Waals surface area (Å²) in [5.74, 6) is -1.40. The lowest BCUT2D eigenvalue weighted by Gasteiger charge is -2.27. The van der Waals surface area contributed by atoms with Crippen molar-refractivity contribution in [1.82, 2.24) is 5.32 Å². The second kappa shape index (κ2) is 7.79. The molecule has 130 valence electrons. The first-order valence-corrected chi connectivity index (χ1v) is 8.86. The highest BCUT2D eigenvalue weighted by Gasteiger charge is 2.31. The van der Waals surface area contributed by atoms with Gasteiger partial charge in [-0.2, -0.15) is 0 Å². The molecule has 2 aliphatic rings. The van der Waals surface area contributed by atoms with Crippen LogP contribution in [0.25, 0.3) is 0 Å². The van der Waals surface area contributed by atoms with Gasteiger partial charge in [-0.05, 0) is 30.4 Å². The predicted molar refractivity (Wildman–Crippen MR) is 89.6 cm³/mol. The lowest BCUT2D eigenvalue weighted by Crippen LogP contribution is -2.43. The Hall–Kier alpha value is -1.88. The number of carbonyl (C=O) groups excluding carboxylic acids is 1. The SMILES string of the molecule is O=C(CC1OCCc2ccccc21)N[C@H]1CCCCC[C@H]1C(=O)O. The largest absolute Gasteiger partial charge is 0.481 e. The molecule has 1 aliphatic carbocycles. The van der Waals surface area contributed by atoms with Crippen molar-refractivity contribution in [3.8, 4) is 0 Å². The standard InChI is InChI=1S/C19H25NO4/c21-18(20-16-9-3-1-2-8-15(16)19(22)23)12-17-14-7-5-4-6-13(14)10-11-24-17/h4-7,15-17H,1-3,8-12H2,(H,20,21)(H,22,23)/t15-,16+,17?/m1/s1. The van der Waals surface area contributed by atoms with E-state index in [0.717, 1.165) is 37.7 Å². The van der Waals surface area contributed by atoms with E-state index < -0.39 is 11.9 Å². The topological polar surface area (TPSA) is 75.6 Å². The second-order valence-corrected chi connectivity index (χ2v) is 6.77. The molecule has 1 aromatic carbocycles. The minimum atomic E-state index is -0.804. The normalized spacial score (nSPS) is 26.9. The molecule has 0 radical (unpaired) electrons. The Morgan fingerprint density at radius 1 is 1.17 bits per heavy atom. The van der Waals surface area contributed by atoms with Gasteiger partial charge in [0, 0.05) is 6.04 Å². The summed E-state index contributed by atoms with van der Waals surface area (Å²) >= 11 is 0. The average Bonchev–Trinajstić information content (AvgIpc) is 2.80. The number of hydrogen-bond donors (Lipinski definition) is 2. The van der Waals surface area contributed by atoms with Crippen LogP contribution in [0.4, 0.5) is 0 Å². The molecule has 5 nitrogen and oxygen atoms in total. The van der Waals surface area contributed by atoms with Crippen LogP contribution in [0.1, 0.15) is 55.8 Å². The van der Waals surface area contributed by atoms with E-state index in [1.165, 1.54) is 5.56 Å². The zero-order valence-electron chi connectivity index (χ0n) is 13.9. The van der Waals surface area contributed by atoms with E-state index in [0.29, 0.717) is 13.0 Å². The van der Waals surface area contributed by atoms with Crippen molar-refractivity contribution < 1.29 is 19.4 Å². The van der Waals surface area contributed by atoms with Crippen molar-refractivity contribution in [3.63, 3.8) is 0 Å². The highest BCUT2D eigenvalue weighted by Crippen LogP contribution is 2.30. The predicted octanol–water partition coefficient (Wildman–Crippen LogP) is 2.84. The number of carboxylic acid groups (broad SMARTS) is 1. The fourth-order valence-electron chi connectivity index (χ4n) is 3.86. The molecule has 1 saturated carbocycles. The van der Waals surface area contributed by atoms with E-state index in [4.69, 9.17) is 4.74 Å². The summed E-state index contributed by atoms with van der Waals surface area (Å²) in [6, 6.07) is 7.79. The Labute approximate surface area is 142 Å². The molecule has 1 aromatic rings. The number of ether oxygens (including phenoxy) is 1. The Balaban J connectivity index is 1.64. The van der Waals surface area contributed by atoms with Crippen LogP contribution >= 0.6 is 0 Å². The number of amides is 1. The molecule has 1 heterocycles. The van der Waals surface area contributed by atoms with Gasteiger partial charge in [-0.25, -0.2) is 0 Å². The fraction of sp³-hybridized carbons (Fsp3) is 0.579. The van der Waals surface area contributed by atoms with E-state index in [2.05, 4.69) is 11.4 Å². The number of aliphatic carboxylic acids is 1. The molecule has 1 unspecified atom stereocenters. The molecule has 0 bridgehead atoms.